The van der Waals surface area contributed by atoms with Gasteiger partial charge in [-0.15, -0.1) is 0 Å². The van der Waals surface area contributed by atoms with Gasteiger partial charge in [0.25, 0.3) is 0 Å². The highest BCUT2D eigenvalue weighted by Crippen LogP contribution is 2.23. The first-order chi connectivity index (χ1) is 11.5. The van der Waals surface area contributed by atoms with Gasteiger partial charge in [0.15, 0.2) is 0 Å². The molecule has 128 valence electrons. The number of aromatic nitrogens is 1. The highest BCUT2D eigenvalue weighted by atomic mass is 15.2. The largest absolute Gasteiger partial charge is 0.384 e. The van der Waals surface area contributed by atoms with Crippen LogP contribution in [0.15, 0.2) is 42.5 Å². The molecule has 0 spiro atoms. The first-order valence-corrected chi connectivity index (χ1v) is 8.86. The highest BCUT2D eigenvalue weighted by Gasteiger charge is 2.28. The van der Waals surface area contributed by atoms with Gasteiger partial charge >= 0.3 is 0 Å². The van der Waals surface area contributed by atoms with Crippen molar-refractivity contribution in [2.75, 3.05) is 12.3 Å². The summed E-state index contributed by atoms with van der Waals surface area (Å²) in [4.78, 5) is 6.97. The first-order valence-electron chi connectivity index (χ1n) is 8.86. The molecular formula is C20H28N4. The van der Waals surface area contributed by atoms with Crippen LogP contribution in [0.4, 0.5) is 5.82 Å². The average Bonchev–Trinajstić information content (AvgIpc) is 2.54. The Labute approximate surface area is 144 Å². The van der Waals surface area contributed by atoms with Gasteiger partial charge in [-0.2, -0.15) is 0 Å². The van der Waals surface area contributed by atoms with Crippen LogP contribution in [0.25, 0.3) is 11.3 Å². The first kappa shape index (κ1) is 16.9. The number of likely N-dealkylation sites (tertiary alicyclic amines) is 1. The highest BCUT2D eigenvalue weighted by molar-refractivity contribution is 5.61. The second kappa shape index (κ2) is 7.32. The number of pyridine rings is 1. The molecule has 0 aliphatic carbocycles. The Morgan fingerprint density at radius 2 is 1.71 bits per heavy atom. The van der Waals surface area contributed by atoms with Gasteiger partial charge in [-0.1, -0.05) is 30.3 Å². The van der Waals surface area contributed by atoms with Gasteiger partial charge in [-0.3, -0.25) is 4.90 Å². The standard InChI is InChI=1S/C20H28N4/c1-14-12-18(21)13-15(2)24(14)11-10-16-6-8-17(9-7-16)19-4-3-5-20(22)23-19/h3-9,14-15,18H,10-13,21H2,1-2H3,(H2,22,23). The molecule has 1 aromatic heterocycles. The van der Waals surface area contributed by atoms with Gasteiger partial charge in [0.05, 0.1) is 5.69 Å². The number of hydrogen-bond acceptors (Lipinski definition) is 4. The molecule has 1 saturated heterocycles. The molecule has 2 aromatic rings. The van der Waals surface area contributed by atoms with Crippen LogP contribution >= 0.6 is 0 Å². The van der Waals surface area contributed by atoms with Crippen molar-refractivity contribution < 1.29 is 0 Å². The number of piperidine rings is 1. The minimum atomic E-state index is 0.358. The summed E-state index contributed by atoms with van der Waals surface area (Å²) in [5.41, 5.74) is 15.3. The summed E-state index contributed by atoms with van der Waals surface area (Å²) in [5, 5.41) is 0. The van der Waals surface area contributed by atoms with Gasteiger partial charge in [0, 0.05) is 30.2 Å². The molecule has 1 aliphatic rings. The summed E-state index contributed by atoms with van der Waals surface area (Å²) < 4.78 is 0. The maximum Gasteiger partial charge on any atom is 0.124 e. The third-order valence-electron chi connectivity index (χ3n) is 5.10. The van der Waals surface area contributed by atoms with Crippen molar-refractivity contribution in [3.05, 3.63) is 48.0 Å². The van der Waals surface area contributed by atoms with Crippen molar-refractivity contribution in [1.82, 2.24) is 9.88 Å². The molecule has 1 aliphatic heterocycles. The molecule has 1 fully saturated rings. The molecule has 0 bridgehead atoms. The molecule has 1 aromatic carbocycles. The second-order valence-electron chi connectivity index (χ2n) is 7.06. The Morgan fingerprint density at radius 3 is 2.33 bits per heavy atom. The normalized spacial score (nSPS) is 24.9. The average molecular weight is 324 g/mol. The zero-order valence-electron chi connectivity index (χ0n) is 14.7. The fourth-order valence-electron chi connectivity index (χ4n) is 3.83. The number of nitrogens with zero attached hydrogens (tertiary/aromatic N) is 2. The maximum atomic E-state index is 6.13. The van der Waals surface area contributed by atoms with E-state index >= 15 is 0 Å². The van der Waals surface area contributed by atoms with Crippen molar-refractivity contribution in [2.45, 2.75) is 51.2 Å². The summed E-state index contributed by atoms with van der Waals surface area (Å²) >= 11 is 0. The lowest BCUT2D eigenvalue weighted by molar-refractivity contribution is 0.0936. The molecule has 2 atom stereocenters. The quantitative estimate of drug-likeness (QED) is 0.907. The molecule has 0 amide bonds. The molecule has 0 radical (unpaired) electrons. The van der Waals surface area contributed by atoms with Crippen LogP contribution in [0.1, 0.15) is 32.3 Å². The summed E-state index contributed by atoms with van der Waals surface area (Å²) in [6, 6.07) is 15.9. The minimum absolute atomic E-state index is 0.358. The van der Waals surface area contributed by atoms with Crippen LogP contribution in [0.3, 0.4) is 0 Å². The second-order valence-corrected chi connectivity index (χ2v) is 7.06. The summed E-state index contributed by atoms with van der Waals surface area (Å²) in [7, 11) is 0. The lowest BCUT2D eigenvalue weighted by Crippen LogP contribution is -2.51. The summed E-state index contributed by atoms with van der Waals surface area (Å²) in [6.07, 6.45) is 3.27. The molecule has 4 nitrogen and oxygen atoms in total. The van der Waals surface area contributed by atoms with E-state index in [1.54, 1.807) is 0 Å². The number of hydrogen-bond donors (Lipinski definition) is 2. The van der Waals surface area contributed by atoms with Crippen molar-refractivity contribution in [1.29, 1.82) is 0 Å². The lowest BCUT2D eigenvalue weighted by atomic mass is 9.93. The molecular weight excluding hydrogens is 296 g/mol. The third kappa shape index (κ3) is 3.94. The van der Waals surface area contributed by atoms with E-state index in [-0.39, 0.29) is 0 Å². The van der Waals surface area contributed by atoms with Gasteiger partial charge in [0.1, 0.15) is 5.82 Å². The van der Waals surface area contributed by atoms with E-state index in [1.165, 1.54) is 5.56 Å². The number of nitrogen functional groups attached to an aromatic ring is 1. The van der Waals surface area contributed by atoms with E-state index in [0.29, 0.717) is 23.9 Å². The molecule has 0 saturated carbocycles. The van der Waals surface area contributed by atoms with Crippen molar-refractivity contribution in [2.24, 2.45) is 5.73 Å². The molecule has 2 unspecified atom stereocenters. The monoisotopic (exact) mass is 324 g/mol. The fourth-order valence-corrected chi connectivity index (χ4v) is 3.83. The Hall–Kier alpha value is -1.91. The van der Waals surface area contributed by atoms with Crippen molar-refractivity contribution >= 4 is 5.82 Å². The number of benzene rings is 1. The fraction of sp³-hybridized carbons (Fsp3) is 0.450. The number of rotatable bonds is 4. The zero-order valence-corrected chi connectivity index (χ0v) is 14.7. The predicted octanol–water partition coefficient (Wildman–Crippen LogP) is 3.07. The van der Waals surface area contributed by atoms with Gasteiger partial charge in [-0.25, -0.2) is 4.98 Å². The zero-order chi connectivity index (χ0) is 17.1. The van der Waals surface area contributed by atoms with Gasteiger partial charge in [0.2, 0.25) is 0 Å². The summed E-state index contributed by atoms with van der Waals surface area (Å²) in [6.45, 7) is 5.68. The smallest absolute Gasteiger partial charge is 0.124 e. The number of nitrogens with two attached hydrogens (primary N) is 2. The van der Waals surface area contributed by atoms with Crippen LogP contribution in [-0.2, 0) is 6.42 Å². The Bertz CT molecular complexity index is 656. The van der Waals surface area contributed by atoms with Gasteiger partial charge < -0.3 is 11.5 Å². The molecule has 2 heterocycles. The molecule has 4 N–H and O–H groups in total. The van der Waals surface area contributed by atoms with E-state index in [0.717, 1.165) is 37.1 Å². The predicted molar refractivity (Wildman–Crippen MR) is 101 cm³/mol. The Morgan fingerprint density at radius 1 is 1.04 bits per heavy atom. The van der Waals surface area contributed by atoms with Crippen LogP contribution in [0, 0.1) is 0 Å². The van der Waals surface area contributed by atoms with Crippen LogP contribution in [-0.4, -0.2) is 34.6 Å². The van der Waals surface area contributed by atoms with E-state index < -0.39 is 0 Å². The lowest BCUT2D eigenvalue weighted by Gasteiger charge is -2.41. The SMILES string of the molecule is CC1CC(N)CC(C)N1CCc1ccc(-c2cccc(N)n2)cc1. The van der Waals surface area contributed by atoms with E-state index in [4.69, 9.17) is 11.5 Å². The molecule has 24 heavy (non-hydrogen) atoms. The van der Waals surface area contributed by atoms with Crippen LogP contribution < -0.4 is 11.5 Å². The third-order valence-corrected chi connectivity index (χ3v) is 5.10. The maximum absolute atomic E-state index is 6.13. The Balaban J connectivity index is 1.62. The van der Waals surface area contributed by atoms with Crippen LogP contribution in [0.2, 0.25) is 0 Å². The van der Waals surface area contributed by atoms with Gasteiger partial charge in [-0.05, 0) is 50.8 Å². The van der Waals surface area contributed by atoms with Crippen LogP contribution in [0.5, 0.6) is 0 Å². The summed E-state index contributed by atoms with van der Waals surface area (Å²) in [5.74, 6) is 0.558. The van der Waals surface area contributed by atoms with Crippen molar-refractivity contribution in [3.63, 3.8) is 0 Å². The molecule has 4 heteroatoms. The van der Waals surface area contributed by atoms with E-state index in [2.05, 4.69) is 48.0 Å². The molecule has 3 rings (SSSR count). The van der Waals surface area contributed by atoms with E-state index in [9.17, 15) is 0 Å². The van der Waals surface area contributed by atoms with E-state index in [1.807, 2.05) is 18.2 Å². The number of anilines is 1. The Kier molecular flexibility index (Phi) is 5.17. The van der Waals surface area contributed by atoms with Crippen molar-refractivity contribution in [3.8, 4) is 11.3 Å². The topological polar surface area (TPSA) is 68.2 Å². The minimum Gasteiger partial charge on any atom is -0.384 e.